The first-order valence-corrected chi connectivity index (χ1v) is 5.90. The number of hydrogen-bond donors (Lipinski definition) is 0. The molecule has 0 fully saturated rings. The van der Waals surface area contributed by atoms with Gasteiger partial charge in [0, 0.05) is 19.7 Å². The van der Waals surface area contributed by atoms with Gasteiger partial charge in [0.1, 0.15) is 0 Å². The summed E-state index contributed by atoms with van der Waals surface area (Å²) in [5, 5.41) is 8.46. The number of likely N-dealkylation sites (N-methyl/N-ethyl adjacent to an activating group) is 1. The number of carbonyl (C=O) groups excluding carboxylic acids is 1. The molecule has 0 saturated carbocycles. The molecule has 1 amide bonds. The molecule has 0 aromatic heterocycles. The monoisotopic (exact) mass is 258 g/mol. The highest BCUT2D eigenvalue weighted by Gasteiger charge is 2.12. The van der Waals surface area contributed by atoms with Crippen molar-refractivity contribution in [3.05, 3.63) is 29.8 Å². The summed E-state index contributed by atoms with van der Waals surface area (Å²) in [5.41, 5.74) is 0.867. The van der Waals surface area contributed by atoms with Gasteiger partial charge in [0.05, 0.1) is 12.5 Å². The van der Waals surface area contributed by atoms with Gasteiger partial charge in [-0.3, -0.25) is 4.79 Å². The third-order valence-electron chi connectivity index (χ3n) is 2.75. The number of amides is 1. The van der Waals surface area contributed by atoms with E-state index >= 15 is 0 Å². The summed E-state index contributed by atoms with van der Waals surface area (Å²) < 4.78 is 10.5. The molecular weight excluding hydrogens is 244 g/mol. The van der Waals surface area contributed by atoms with Gasteiger partial charge in [-0.1, -0.05) is 6.07 Å². The molecule has 0 radical (unpaired) electrons. The second kappa shape index (κ2) is 5.91. The number of ether oxygens (including phenoxy) is 2. The van der Waals surface area contributed by atoms with E-state index in [-0.39, 0.29) is 12.7 Å². The number of nitriles is 1. The molecule has 1 aromatic carbocycles. The van der Waals surface area contributed by atoms with Crippen molar-refractivity contribution in [2.45, 2.75) is 6.42 Å². The lowest BCUT2D eigenvalue weighted by molar-refractivity contribution is -0.124. The summed E-state index contributed by atoms with van der Waals surface area (Å²) in [6, 6.07) is 7.49. The molecule has 0 atom stereocenters. The minimum atomic E-state index is -0.132. The summed E-state index contributed by atoms with van der Waals surface area (Å²) in [6.07, 6.45) is 3.53. The molecule has 1 aliphatic rings. The second-order valence-corrected chi connectivity index (χ2v) is 4.11. The third-order valence-corrected chi connectivity index (χ3v) is 2.75. The van der Waals surface area contributed by atoms with E-state index in [1.54, 1.807) is 13.1 Å². The van der Waals surface area contributed by atoms with E-state index in [9.17, 15) is 4.79 Å². The molecule has 5 heteroatoms. The van der Waals surface area contributed by atoms with Gasteiger partial charge >= 0.3 is 0 Å². The summed E-state index contributed by atoms with van der Waals surface area (Å²) in [4.78, 5) is 13.2. The van der Waals surface area contributed by atoms with Crippen LogP contribution in [0, 0.1) is 11.3 Å². The van der Waals surface area contributed by atoms with Crippen molar-refractivity contribution >= 4 is 12.0 Å². The van der Waals surface area contributed by atoms with Crippen LogP contribution in [0.5, 0.6) is 11.5 Å². The molecule has 1 aliphatic heterocycles. The van der Waals surface area contributed by atoms with Crippen LogP contribution in [-0.4, -0.2) is 31.2 Å². The molecule has 98 valence electrons. The van der Waals surface area contributed by atoms with Crippen molar-refractivity contribution < 1.29 is 14.3 Å². The minimum absolute atomic E-state index is 0.132. The highest BCUT2D eigenvalue weighted by atomic mass is 16.7. The van der Waals surface area contributed by atoms with E-state index in [0.717, 1.165) is 11.3 Å². The Morgan fingerprint density at radius 3 is 3.05 bits per heavy atom. The van der Waals surface area contributed by atoms with Crippen LogP contribution in [0.3, 0.4) is 0 Å². The summed E-state index contributed by atoms with van der Waals surface area (Å²) in [7, 11) is 1.67. The molecule has 0 spiro atoms. The quantitative estimate of drug-likeness (QED) is 0.772. The summed E-state index contributed by atoms with van der Waals surface area (Å²) in [5.74, 6) is 1.27. The first-order chi connectivity index (χ1) is 9.20. The topological polar surface area (TPSA) is 62.6 Å². The van der Waals surface area contributed by atoms with Crippen LogP contribution in [0.4, 0.5) is 0 Å². The summed E-state index contributed by atoms with van der Waals surface area (Å²) >= 11 is 0. The van der Waals surface area contributed by atoms with Crippen molar-refractivity contribution in [2.24, 2.45) is 0 Å². The number of nitrogens with zero attached hydrogens (tertiary/aromatic N) is 2. The Bertz CT molecular complexity index is 546. The minimum Gasteiger partial charge on any atom is -0.454 e. The second-order valence-electron chi connectivity index (χ2n) is 4.11. The highest BCUT2D eigenvalue weighted by molar-refractivity contribution is 5.91. The number of carbonyl (C=O) groups is 1. The maximum absolute atomic E-state index is 11.7. The van der Waals surface area contributed by atoms with Gasteiger partial charge in [0.25, 0.3) is 0 Å². The molecule has 0 aliphatic carbocycles. The van der Waals surface area contributed by atoms with Gasteiger partial charge in [-0.25, -0.2) is 0 Å². The predicted molar refractivity (Wildman–Crippen MR) is 69.5 cm³/mol. The van der Waals surface area contributed by atoms with Crippen LogP contribution in [0.25, 0.3) is 6.08 Å². The fourth-order valence-electron chi connectivity index (χ4n) is 1.64. The van der Waals surface area contributed by atoms with E-state index in [0.29, 0.717) is 18.7 Å². The number of rotatable bonds is 4. The smallest absolute Gasteiger partial charge is 0.246 e. The fraction of sp³-hybridized carbons (Fsp3) is 0.286. The molecule has 0 N–H and O–H groups in total. The lowest BCUT2D eigenvalue weighted by Crippen LogP contribution is -2.25. The molecule has 19 heavy (non-hydrogen) atoms. The van der Waals surface area contributed by atoms with E-state index in [2.05, 4.69) is 0 Å². The molecule has 0 bridgehead atoms. The van der Waals surface area contributed by atoms with E-state index < -0.39 is 0 Å². The number of fused-ring (bicyclic) bond motifs is 1. The zero-order valence-electron chi connectivity index (χ0n) is 10.6. The first-order valence-electron chi connectivity index (χ1n) is 5.90. The SMILES string of the molecule is CN(CCC#N)C(=O)/C=C/c1ccc2c(c1)OCO2. The zero-order chi connectivity index (χ0) is 13.7. The summed E-state index contributed by atoms with van der Waals surface area (Å²) in [6.45, 7) is 0.666. The van der Waals surface area contributed by atoms with Gasteiger partial charge < -0.3 is 14.4 Å². The fourth-order valence-corrected chi connectivity index (χ4v) is 1.64. The van der Waals surface area contributed by atoms with E-state index in [4.69, 9.17) is 14.7 Å². The Kier molecular flexibility index (Phi) is 4.04. The largest absolute Gasteiger partial charge is 0.454 e. The average molecular weight is 258 g/mol. The predicted octanol–water partition coefficient (Wildman–Crippen LogP) is 1.80. The van der Waals surface area contributed by atoms with Crippen LogP contribution in [-0.2, 0) is 4.79 Å². The van der Waals surface area contributed by atoms with Crippen LogP contribution in [0.1, 0.15) is 12.0 Å². The lowest BCUT2D eigenvalue weighted by Gasteiger charge is -2.12. The molecule has 5 nitrogen and oxygen atoms in total. The van der Waals surface area contributed by atoms with Crippen molar-refractivity contribution in [1.29, 1.82) is 5.26 Å². The lowest BCUT2D eigenvalue weighted by atomic mass is 10.2. The Morgan fingerprint density at radius 2 is 2.26 bits per heavy atom. The normalized spacial score (nSPS) is 12.4. The van der Waals surface area contributed by atoms with Crippen LogP contribution < -0.4 is 9.47 Å². The van der Waals surface area contributed by atoms with Crippen molar-refractivity contribution in [2.75, 3.05) is 20.4 Å². The van der Waals surface area contributed by atoms with E-state index in [1.165, 1.54) is 11.0 Å². The van der Waals surface area contributed by atoms with Crippen LogP contribution >= 0.6 is 0 Å². The number of hydrogen-bond acceptors (Lipinski definition) is 4. The third kappa shape index (κ3) is 3.26. The van der Waals surface area contributed by atoms with Crippen molar-refractivity contribution in [1.82, 2.24) is 4.90 Å². The van der Waals surface area contributed by atoms with Crippen molar-refractivity contribution in [3.8, 4) is 17.6 Å². The Morgan fingerprint density at radius 1 is 1.47 bits per heavy atom. The van der Waals surface area contributed by atoms with Gasteiger partial charge in [-0.15, -0.1) is 0 Å². The molecule has 1 heterocycles. The maximum atomic E-state index is 11.7. The number of benzene rings is 1. The molecule has 0 saturated heterocycles. The maximum Gasteiger partial charge on any atom is 0.246 e. The molecule has 0 unspecified atom stereocenters. The Labute approximate surface area is 111 Å². The zero-order valence-corrected chi connectivity index (χ0v) is 10.6. The van der Waals surface area contributed by atoms with Gasteiger partial charge in [-0.05, 0) is 23.8 Å². The first kappa shape index (κ1) is 13.0. The van der Waals surface area contributed by atoms with Gasteiger partial charge in [0.15, 0.2) is 11.5 Å². The van der Waals surface area contributed by atoms with Crippen LogP contribution in [0.15, 0.2) is 24.3 Å². The van der Waals surface area contributed by atoms with Crippen molar-refractivity contribution in [3.63, 3.8) is 0 Å². The van der Waals surface area contributed by atoms with Gasteiger partial charge in [0.2, 0.25) is 12.7 Å². The molecule has 2 rings (SSSR count). The average Bonchev–Trinajstić information content (AvgIpc) is 2.89. The Balaban J connectivity index is 1.99. The van der Waals surface area contributed by atoms with Gasteiger partial charge in [-0.2, -0.15) is 5.26 Å². The standard InChI is InChI=1S/C14H14N2O3/c1-16(8-2-7-15)14(17)6-4-11-3-5-12-13(9-11)19-10-18-12/h3-6,9H,2,8,10H2,1H3/b6-4+. The molecule has 1 aromatic rings. The van der Waals surface area contributed by atoms with E-state index in [1.807, 2.05) is 24.3 Å². The molecular formula is C14H14N2O3. The van der Waals surface area contributed by atoms with Crippen LogP contribution in [0.2, 0.25) is 0 Å². The Hall–Kier alpha value is -2.48. The highest BCUT2D eigenvalue weighted by Crippen LogP contribution is 2.32.